The molecule has 0 radical (unpaired) electrons. The van der Waals surface area contributed by atoms with Gasteiger partial charge in [-0.25, -0.2) is 9.54 Å². The Hall–Kier alpha value is -3.70. The monoisotopic (exact) mass is 612 g/mol. The summed E-state index contributed by atoms with van der Waals surface area (Å²) in [6.07, 6.45) is 3.84. The first kappa shape index (κ1) is 27.9. The quantitative estimate of drug-likeness (QED) is 0.101. The number of nitrogens with zero attached hydrogens (tertiary/aromatic N) is 2. The van der Waals surface area contributed by atoms with E-state index >= 15 is 0 Å². The summed E-state index contributed by atoms with van der Waals surface area (Å²) < 4.78 is 19.5. The van der Waals surface area contributed by atoms with E-state index in [1.807, 2.05) is 96.6 Å². The maximum atomic E-state index is 13.6. The Kier molecular flexibility index (Phi) is 8.81. The highest BCUT2D eigenvalue weighted by Crippen LogP contribution is 2.48. The van der Waals surface area contributed by atoms with E-state index in [-0.39, 0.29) is 12.3 Å². The van der Waals surface area contributed by atoms with Crippen LogP contribution in [0, 0.1) is 0 Å². The number of fused-ring (bicyclic) bond motifs is 1. The summed E-state index contributed by atoms with van der Waals surface area (Å²) in [4.78, 5) is 13.6. The van der Waals surface area contributed by atoms with Gasteiger partial charge >= 0.3 is 5.97 Å². The maximum absolute atomic E-state index is 13.6. The van der Waals surface area contributed by atoms with Gasteiger partial charge in [0.15, 0.2) is 0 Å². The molecule has 0 spiro atoms. The summed E-state index contributed by atoms with van der Waals surface area (Å²) >= 11 is 3.58. The Balaban J connectivity index is 1.87. The molecule has 4 aromatic carbocycles. The van der Waals surface area contributed by atoms with Crippen LogP contribution >= 0.6 is 23.0 Å². The van der Waals surface area contributed by atoms with Crippen molar-refractivity contribution in [2.75, 3.05) is 13.7 Å². The average Bonchev–Trinajstić information content (AvgIpc) is 3.32. The van der Waals surface area contributed by atoms with Crippen LogP contribution in [0.1, 0.15) is 12.5 Å². The van der Waals surface area contributed by atoms with Gasteiger partial charge in [-0.2, -0.15) is 0 Å². The normalized spacial score (nSPS) is 11.9. The van der Waals surface area contributed by atoms with Crippen LogP contribution in [0.5, 0.6) is 0 Å². The predicted molar refractivity (Wildman–Crippen MR) is 169 cm³/mol. The number of hydrogen-bond donors (Lipinski definition) is 0. The number of carbonyl (C=O) groups is 1. The van der Waals surface area contributed by atoms with Crippen LogP contribution in [0.15, 0.2) is 130 Å². The molecule has 40 heavy (non-hydrogen) atoms. The lowest BCUT2D eigenvalue weighted by atomic mass is 10.1. The van der Waals surface area contributed by atoms with Crippen molar-refractivity contribution in [2.45, 2.75) is 13.7 Å². The number of aromatic nitrogens is 1. The number of benzene rings is 4. The molecule has 0 bridgehead atoms. The minimum Gasteiger partial charge on any atom is -0.461 e. The topological polar surface area (TPSA) is 52.8 Å². The van der Waals surface area contributed by atoms with Crippen LogP contribution < -0.4 is 15.9 Å². The van der Waals surface area contributed by atoms with E-state index < -0.39 is 13.0 Å². The molecule has 0 saturated heterocycles. The molecule has 0 aliphatic rings. The number of methoxy groups -OCH3 is 1. The van der Waals surface area contributed by atoms with E-state index in [9.17, 15) is 4.79 Å². The van der Waals surface area contributed by atoms with Crippen LogP contribution in [-0.2, 0) is 21.0 Å². The smallest absolute Gasteiger partial charge is 0.356 e. The van der Waals surface area contributed by atoms with Gasteiger partial charge in [-0.05, 0) is 25.1 Å². The van der Waals surface area contributed by atoms with Gasteiger partial charge in [-0.15, -0.1) is 0 Å². The first-order valence-electron chi connectivity index (χ1n) is 13.0. The zero-order chi connectivity index (χ0) is 28.0. The fourth-order valence-electron chi connectivity index (χ4n) is 4.85. The summed E-state index contributed by atoms with van der Waals surface area (Å²) in [6, 6.07) is 36.8. The zero-order valence-electron chi connectivity index (χ0n) is 22.4. The third-order valence-electron chi connectivity index (χ3n) is 6.57. The Morgan fingerprint density at radius 3 is 1.93 bits per heavy atom. The molecule has 0 aliphatic carbocycles. The SMILES string of the molecule is CCOC(=O)/C(=C/c1cn(COC)c2cc(Br)ccc12)N=P(c1ccccc1)(c1ccccc1)c1ccccc1. The summed E-state index contributed by atoms with van der Waals surface area (Å²) in [5.41, 5.74) is 2.12. The number of halogens is 1. The number of carbonyl (C=O) groups excluding carboxylic acids is 1. The molecule has 0 unspecified atom stereocenters. The Morgan fingerprint density at radius 1 is 0.875 bits per heavy atom. The summed E-state index contributed by atoms with van der Waals surface area (Å²) in [5, 5.41) is 4.13. The lowest BCUT2D eigenvalue weighted by molar-refractivity contribution is -0.138. The van der Waals surface area contributed by atoms with Crippen LogP contribution in [0.25, 0.3) is 17.0 Å². The van der Waals surface area contributed by atoms with Gasteiger partial charge in [0.2, 0.25) is 0 Å². The molecule has 0 aliphatic heterocycles. The number of ether oxygens (including phenoxy) is 2. The lowest BCUT2D eigenvalue weighted by Gasteiger charge is -2.27. The van der Waals surface area contributed by atoms with Crippen LogP contribution in [-0.4, -0.2) is 24.3 Å². The van der Waals surface area contributed by atoms with E-state index in [2.05, 4.69) is 52.3 Å². The van der Waals surface area contributed by atoms with E-state index in [4.69, 9.17) is 14.2 Å². The van der Waals surface area contributed by atoms with Gasteiger partial charge in [0.05, 0.1) is 19.2 Å². The van der Waals surface area contributed by atoms with Crippen molar-refractivity contribution in [3.8, 4) is 0 Å². The fourth-order valence-corrected chi connectivity index (χ4v) is 8.71. The van der Waals surface area contributed by atoms with Crippen molar-refractivity contribution in [3.05, 3.63) is 131 Å². The fraction of sp³-hybridized carbons (Fsp3) is 0.121. The van der Waals surface area contributed by atoms with E-state index in [0.717, 1.165) is 36.9 Å². The van der Waals surface area contributed by atoms with Gasteiger partial charge < -0.3 is 14.0 Å². The van der Waals surface area contributed by atoms with Gasteiger partial charge in [0.25, 0.3) is 0 Å². The highest BCUT2D eigenvalue weighted by molar-refractivity contribution is 9.10. The van der Waals surface area contributed by atoms with Gasteiger partial charge in [-0.3, -0.25) is 0 Å². The molecule has 0 fully saturated rings. The second kappa shape index (κ2) is 12.6. The zero-order valence-corrected chi connectivity index (χ0v) is 24.9. The van der Waals surface area contributed by atoms with Crippen molar-refractivity contribution in [1.29, 1.82) is 0 Å². The molecule has 0 atom stereocenters. The third kappa shape index (κ3) is 5.62. The molecule has 7 heteroatoms. The van der Waals surface area contributed by atoms with Gasteiger partial charge in [0.1, 0.15) is 12.4 Å². The Morgan fingerprint density at radius 2 is 1.43 bits per heavy atom. The number of esters is 1. The molecule has 0 saturated carbocycles. The molecule has 5 aromatic rings. The molecule has 1 aromatic heterocycles. The predicted octanol–water partition coefficient (Wildman–Crippen LogP) is 7.09. The summed E-state index contributed by atoms with van der Waals surface area (Å²) in [7, 11) is -1.02. The third-order valence-corrected chi connectivity index (χ3v) is 10.7. The van der Waals surface area contributed by atoms with Crippen LogP contribution in [0.3, 0.4) is 0 Å². The first-order chi connectivity index (χ1) is 19.6. The van der Waals surface area contributed by atoms with Gasteiger partial charge in [0, 0.05) is 44.6 Å². The molecule has 5 rings (SSSR count). The van der Waals surface area contributed by atoms with Crippen molar-refractivity contribution in [1.82, 2.24) is 4.57 Å². The van der Waals surface area contributed by atoms with Crippen LogP contribution in [0.2, 0.25) is 0 Å². The number of rotatable bonds is 9. The standard InChI is InChI=1S/C33H30BrN2O3P/c1-3-39-33(37)31(21-25-23-36(24-38-2)32-22-26(34)19-20-30(25)32)35-40(27-13-7-4-8-14-27,28-15-9-5-10-16-28)29-17-11-6-12-18-29/h4-23H,3,24H2,1-2H3/b31-21-. The highest BCUT2D eigenvalue weighted by atomic mass is 79.9. The maximum Gasteiger partial charge on any atom is 0.356 e. The van der Waals surface area contributed by atoms with Crippen LogP contribution in [0.4, 0.5) is 0 Å². The van der Waals surface area contributed by atoms with Crippen molar-refractivity contribution in [2.24, 2.45) is 4.74 Å². The second-order valence-corrected chi connectivity index (χ2v) is 13.1. The molecular formula is C33H30BrN2O3P. The highest BCUT2D eigenvalue weighted by Gasteiger charge is 2.29. The van der Waals surface area contributed by atoms with Crippen molar-refractivity contribution < 1.29 is 14.3 Å². The minimum absolute atomic E-state index is 0.248. The number of hydrogen-bond acceptors (Lipinski definition) is 4. The Labute approximate surface area is 243 Å². The molecule has 0 amide bonds. The molecular weight excluding hydrogens is 583 g/mol. The largest absolute Gasteiger partial charge is 0.461 e. The molecule has 5 nitrogen and oxygen atoms in total. The van der Waals surface area contributed by atoms with Crippen molar-refractivity contribution >= 4 is 61.8 Å². The molecule has 202 valence electrons. The molecule has 1 heterocycles. The first-order valence-corrected chi connectivity index (χ1v) is 15.6. The van der Waals surface area contributed by atoms with Crippen molar-refractivity contribution in [3.63, 3.8) is 0 Å². The molecule has 0 N–H and O–H groups in total. The van der Waals surface area contributed by atoms with Gasteiger partial charge in [-0.1, -0.05) is 113 Å². The summed E-state index contributed by atoms with van der Waals surface area (Å²) in [6.45, 7) is 2.44. The Bertz CT molecular complexity index is 1590. The minimum atomic E-state index is -2.68. The average molecular weight is 613 g/mol. The second-order valence-electron chi connectivity index (χ2n) is 9.13. The van der Waals surface area contributed by atoms with E-state index in [1.54, 1.807) is 7.11 Å². The van der Waals surface area contributed by atoms with E-state index in [1.165, 1.54) is 0 Å². The van der Waals surface area contributed by atoms with E-state index in [0.29, 0.717) is 6.73 Å². The summed E-state index contributed by atoms with van der Waals surface area (Å²) in [5.74, 6) is -0.459. The lowest BCUT2D eigenvalue weighted by Crippen LogP contribution is -2.26.